The van der Waals surface area contributed by atoms with Crippen molar-refractivity contribution in [2.75, 3.05) is 25.4 Å². The molecule has 0 aromatic heterocycles. The van der Waals surface area contributed by atoms with Gasteiger partial charge in [0.2, 0.25) is 0 Å². The lowest BCUT2D eigenvalue weighted by Crippen LogP contribution is -2.62. The van der Waals surface area contributed by atoms with Crippen LogP contribution in [0.5, 0.6) is 0 Å². The Morgan fingerprint density at radius 2 is 1.94 bits per heavy atom. The van der Waals surface area contributed by atoms with Gasteiger partial charge >= 0.3 is 0 Å². The van der Waals surface area contributed by atoms with E-state index >= 15 is 0 Å². The summed E-state index contributed by atoms with van der Waals surface area (Å²) in [7, 11) is 0. The fraction of sp³-hybridized carbons (Fsp3) is 1.00. The van der Waals surface area contributed by atoms with Gasteiger partial charge in [0.25, 0.3) is 0 Å². The first-order chi connectivity index (χ1) is 8.27. The second kappa shape index (κ2) is 5.34. The summed E-state index contributed by atoms with van der Waals surface area (Å²) in [6.07, 6.45) is 2.91. The van der Waals surface area contributed by atoms with Crippen molar-refractivity contribution in [3.63, 3.8) is 0 Å². The summed E-state index contributed by atoms with van der Waals surface area (Å²) in [5.41, 5.74) is 0.289. The number of piperazine rings is 1. The molecule has 0 spiro atoms. The Hall–Kier alpha value is 0.270. The maximum atomic E-state index is 3.72. The van der Waals surface area contributed by atoms with E-state index in [4.69, 9.17) is 0 Å². The van der Waals surface area contributed by atoms with E-state index in [1.54, 1.807) is 0 Å². The number of rotatable bonds is 4. The summed E-state index contributed by atoms with van der Waals surface area (Å²) in [5.74, 6) is 2.25. The van der Waals surface area contributed by atoms with Gasteiger partial charge in [-0.3, -0.25) is 4.90 Å². The van der Waals surface area contributed by atoms with Crippen LogP contribution < -0.4 is 5.32 Å². The lowest BCUT2D eigenvalue weighted by atomic mass is 9.97. The first kappa shape index (κ1) is 14.7. The van der Waals surface area contributed by atoms with Gasteiger partial charge in [-0.2, -0.15) is 11.8 Å². The molecule has 106 valence electrons. The maximum absolute atomic E-state index is 3.72. The molecular formula is C15H30N2S. The van der Waals surface area contributed by atoms with Crippen LogP contribution in [-0.2, 0) is 0 Å². The van der Waals surface area contributed by atoms with Crippen LogP contribution in [0.15, 0.2) is 0 Å². The fourth-order valence-electron chi connectivity index (χ4n) is 2.85. The highest BCUT2D eigenvalue weighted by atomic mass is 32.2. The average Bonchev–Trinajstić information content (AvgIpc) is 2.98. The van der Waals surface area contributed by atoms with Gasteiger partial charge in [0.1, 0.15) is 0 Å². The van der Waals surface area contributed by atoms with Crippen LogP contribution in [0.25, 0.3) is 0 Å². The number of hydrogen-bond acceptors (Lipinski definition) is 3. The zero-order valence-electron chi connectivity index (χ0n) is 12.8. The van der Waals surface area contributed by atoms with Crippen molar-refractivity contribution in [2.24, 2.45) is 5.92 Å². The van der Waals surface area contributed by atoms with Gasteiger partial charge in [0.05, 0.1) is 0 Å². The molecule has 1 N–H and O–H groups in total. The minimum Gasteiger partial charge on any atom is -0.309 e. The van der Waals surface area contributed by atoms with E-state index in [1.807, 2.05) is 0 Å². The highest BCUT2D eigenvalue weighted by molar-refractivity contribution is 8.00. The third-order valence-corrected chi connectivity index (χ3v) is 5.19. The molecule has 2 rings (SSSR count). The highest BCUT2D eigenvalue weighted by Gasteiger charge is 2.40. The van der Waals surface area contributed by atoms with Gasteiger partial charge in [-0.25, -0.2) is 0 Å². The van der Waals surface area contributed by atoms with E-state index in [0.717, 1.165) is 12.0 Å². The van der Waals surface area contributed by atoms with Gasteiger partial charge in [0, 0.05) is 41.7 Å². The van der Waals surface area contributed by atoms with Gasteiger partial charge in [0.15, 0.2) is 0 Å². The average molecular weight is 270 g/mol. The van der Waals surface area contributed by atoms with Gasteiger partial charge in [-0.05, 0) is 32.6 Å². The van der Waals surface area contributed by atoms with Crippen LogP contribution in [0.4, 0.5) is 0 Å². The Morgan fingerprint density at radius 1 is 1.28 bits per heavy atom. The summed E-state index contributed by atoms with van der Waals surface area (Å²) in [5, 5.41) is 3.72. The fourth-order valence-corrected chi connectivity index (χ4v) is 3.79. The summed E-state index contributed by atoms with van der Waals surface area (Å²) in [6, 6.07) is 0.804. The Balaban J connectivity index is 1.85. The van der Waals surface area contributed by atoms with Crippen LogP contribution in [0, 0.1) is 5.92 Å². The van der Waals surface area contributed by atoms with E-state index in [9.17, 15) is 0 Å². The zero-order chi connectivity index (χ0) is 13.4. The summed E-state index contributed by atoms with van der Waals surface area (Å²) in [6.45, 7) is 15.3. The van der Waals surface area contributed by atoms with E-state index in [1.165, 1.54) is 38.2 Å². The second-order valence-electron chi connectivity index (χ2n) is 7.60. The third kappa shape index (κ3) is 4.43. The van der Waals surface area contributed by atoms with Crippen LogP contribution in [0.2, 0.25) is 0 Å². The molecule has 1 saturated heterocycles. The molecule has 1 atom stereocenters. The van der Waals surface area contributed by atoms with Crippen molar-refractivity contribution in [1.29, 1.82) is 0 Å². The molecule has 0 bridgehead atoms. The lowest BCUT2D eigenvalue weighted by molar-refractivity contribution is 0.0893. The monoisotopic (exact) mass is 270 g/mol. The molecule has 0 amide bonds. The minimum atomic E-state index is 0.289. The number of hydrogen-bond donors (Lipinski definition) is 1. The topological polar surface area (TPSA) is 15.3 Å². The normalized spacial score (nSPS) is 29.5. The summed E-state index contributed by atoms with van der Waals surface area (Å²) < 4.78 is 0.401. The van der Waals surface area contributed by atoms with Crippen LogP contribution in [0.3, 0.4) is 0 Å². The molecule has 1 aliphatic heterocycles. The molecule has 3 heteroatoms. The lowest BCUT2D eigenvalue weighted by Gasteiger charge is -2.45. The summed E-state index contributed by atoms with van der Waals surface area (Å²) >= 11 is 2.10. The number of nitrogens with zero attached hydrogens (tertiary/aromatic N) is 1. The predicted molar refractivity (Wildman–Crippen MR) is 82.4 cm³/mol. The molecule has 0 radical (unpaired) electrons. The quantitative estimate of drug-likeness (QED) is 0.845. The Bertz CT molecular complexity index is 279. The van der Waals surface area contributed by atoms with Gasteiger partial charge in [-0.1, -0.05) is 20.8 Å². The Morgan fingerprint density at radius 3 is 2.50 bits per heavy atom. The SMILES string of the molecule is CC1(C)CN(CCSC(C)(C)C)C(C2CC2)CN1. The van der Waals surface area contributed by atoms with Crippen molar-refractivity contribution < 1.29 is 0 Å². The first-order valence-corrected chi connectivity index (χ1v) is 8.38. The van der Waals surface area contributed by atoms with Crippen molar-refractivity contribution in [1.82, 2.24) is 10.2 Å². The summed E-state index contributed by atoms with van der Waals surface area (Å²) in [4.78, 5) is 2.76. The Labute approximate surface area is 117 Å². The van der Waals surface area contributed by atoms with Crippen LogP contribution >= 0.6 is 11.8 Å². The largest absolute Gasteiger partial charge is 0.309 e. The first-order valence-electron chi connectivity index (χ1n) is 7.40. The molecule has 0 aromatic rings. The van der Waals surface area contributed by atoms with Crippen molar-refractivity contribution in [3.05, 3.63) is 0 Å². The number of nitrogens with one attached hydrogen (secondary N) is 1. The van der Waals surface area contributed by atoms with E-state index in [0.29, 0.717) is 4.75 Å². The van der Waals surface area contributed by atoms with E-state index < -0.39 is 0 Å². The molecule has 1 unspecified atom stereocenters. The number of thioether (sulfide) groups is 1. The molecule has 1 heterocycles. The molecule has 2 fully saturated rings. The maximum Gasteiger partial charge on any atom is 0.0252 e. The van der Waals surface area contributed by atoms with Crippen molar-refractivity contribution >= 4 is 11.8 Å². The smallest absolute Gasteiger partial charge is 0.0252 e. The van der Waals surface area contributed by atoms with Gasteiger partial charge < -0.3 is 5.32 Å². The second-order valence-corrected chi connectivity index (χ2v) is 9.52. The van der Waals surface area contributed by atoms with Gasteiger partial charge in [-0.15, -0.1) is 0 Å². The molecule has 18 heavy (non-hydrogen) atoms. The molecule has 2 nitrogen and oxygen atoms in total. The zero-order valence-corrected chi connectivity index (χ0v) is 13.6. The standard InChI is InChI=1S/C15H30N2S/c1-14(2,3)18-9-8-17-11-15(4,5)16-10-13(17)12-6-7-12/h12-13,16H,6-11H2,1-5H3. The molecule has 2 aliphatic rings. The van der Waals surface area contributed by atoms with Crippen molar-refractivity contribution in [3.8, 4) is 0 Å². The Kier molecular flexibility index (Phi) is 4.35. The highest BCUT2D eigenvalue weighted by Crippen LogP contribution is 2.37. The molecule has 0 aromatic carbocycles. The molecule has 1 saturated carbocycles. The van der Waals surface area contributed by atoms with Crippen LogP contribution in [-0.4, -0.2) is 46.6 Å². The third-order valence-electron chi connectivity index (χ3n) is 3.94. The van der Waals surface area contributed by atoms with E-state index in [-0.39, 0.29) is 5.54 Å². The predicted octanol–water partition coefficient (Wildman–Crippen LogP) is 2.98. The minimum absolute atomic E-state index is 0.289. The van der Waals surface area contributed by atoms with E-state index in [2.05, 4.69) is 56.6 Å². The van der Waals surface area contributed by atoms with Crippen molar-refractivity contribution in [2.45, 2.75) is 63.8 Å². The van der Waals surface area contributed by atoms with Crippen LogP contribution in [0.1, 0.15) is 47.5 Å². The molecular weight excluding hydrogens is 240 g/mol. The molecule has 1 aliphatic carbocycles.